The maximum absolute atomic E-state index is 12.9. The Kier molecular flexibility index (Phi) is 5.15. The van der Waals surface area contributed by atoms with Gasteiger partial charge in [0.1, 0.15) is 11.5 Å². The maximum Gasteiger partial charge on any atom is 0.277 e. The fourth-order valence-corrected chi connectivity index (χ4v) is 3.56. The molecule has 0 saturated carbocycles. The van der Waals surface area contributed by atoms with Crippen LogP contribution in [0.5, 0.6) is 0 Å². The van der Waals surface area contributed by atoms with E-state index in [1.807, 2.05) is 4.90 Å². The molecule has 3 aromatic rings. The number of anilines is 1. The molecule has 0 aliphatic carbocycles. The van der Waals surface area contributed by atoms with Gasteiger partial charge in [-0.3, -0.25) is 14.3 Å². The molecule has 1 atom stereocenters. The number of rotatable bonds is 5. The van der Waals surface area contributed by atoms with E-state index < -0.39 is 0 Å². The Balaban J connectivity index is 1.44. The summed E-state index contributed by atoms with van der Waals surface area (Å²) in [6.45, 7) is 4.61. The van der Waals surface area contributed by atoms with Gasteiger partial charge in [0.05, 0.1) is 24.5 Å². The van der Waals surface area contributed by atoms with Crippen LogP contribution in [0.3, 0.4) is 0 Å². The summed E-state index contributed by atoms with van der Waals surface area (Å²) in [6, 6.07) is -0.00594. The standard InChI is InChI=1S/C19H22N6O4/c1-12-16(20-10-28-12)18(26)23-14-7-22-24(8-14)9-15-5-3-4-6-25(15)19(27)17-13(2)29-11-21-17/h7-8,10-11,15H,3-6,9H2,1-2H3,(H,23,26)/t15-/m1/s1. The molecule has 10 heteroatoms. The molecule has 0 bridgehead atoms. The Hall–Kier alpha value is -3.43. The summed E-state index contributed by atoms with van der Waals surface area (Å²) < 4.78 is 12.0. The second kappa shape index (κ2) is 7.90. The van der Waals surface area contributed by atoms with Crippen molar-refractivity contribution >= 4 is 17.5 Å². The van der Waals surface area contributed by atoms with E-state index in [-0.39, 0.29) is 23.6 Å². The Morgan fingerprint density at radius 2 is 1.86 bits per heavy atom. The molecule has 4 heterocycles. The van der Waals surface area contributed by atoms with Crippen molar-refractivity contribution in [1.29, 1.82) is 0 Å². The average molecular weight is 398 g/mol. The molecule has 3 aromatic heterocycles. The van der Waals surface area contributed by atoms with E-state index in [2.05, 4.69) is 20.4 Å². The summed E-state index contributed by atoms with van der Waals surface area (Å²) in [5, 5.41) is 7.09. The van der Waals surface area contributed by atoms with E-state index in [1.54, 1.807) is 30.9 Å². The number of piperidine rings is 1. The zero-order valence-electron chi connectivity index (χ0n) is 16.3. The van der Waals surface area contributed by atoms with Gasteiger partial charge in [-0.1, -0.05) is 0 Å². The molecule has 2 amide bonds. The lowest BCUT2D eigenvalue weighted by molar-refractivity contribution is 0.0576. The van der Waals surface area contributed by atoms with Crippen LogP contribution in [0, 0.1) is 13.8 Å². The van der Waals surface area contributed by atoms with Gasteiger partial charge in [-0.25, -0.2) is 9.97 Å². The van der Waals surface area contributed by atoms with Crippen LogP contribution >= 0.6 is 0 Å². The smallest absolute Gasteiger partial charge is 0.277 e. The first-order chi connectivity index (χ1) is 14.0. The first-order valence-electron chi connectivity index (χ1n) is 9.48. The molecule has 0 unspecified atom stereocenters. The lowest BCUT2D eigenvalue weighted by Gasteiger charge is -2.35. The fraction of sp³-hybridized carbons (Fsp3) is 0.421. The number of amides is 2. The van der Waals surface area contributed by atoms with E-state index in [4.69, 9.17) is 8.83 Å². The summed E-state index contributed by atoms with van der Waals surface area (Å²) in [7, 11) is 0. The summed E-state index contributed by atoms with van der Waals surface area (Å²) in [5.41, 5.74) is 1.15. The third kappa shape index (κ3) is 3.91. The van der Waals surface area contributed by atoms with Crippen LogP contribution in [0.25, 0.3) is 0 Å². The predicted molar refractivity (Wildman–Crippen MR) is 101 cm³/mol. The number of oxazole rings is 2. The number of aryl methyl sites for hydroxylation is 2. The fourth-order valence-electron chi connectivity index (χ4n) is 3.56. The quantitative estimate of drug-likeness (QED) is 0.701. The lowest BCUT2D eigenvalue weighted by atomic mass is 10.0. The van der Waals surface area contributed by atoms with Crippen molar-refractivity contribution in [2.45, 2.75) is 45.7 Å². The minimum atomic E-state index is -0.355. The average Bonchev–Trinajstić information content (AvgIpc) is 3.43. The highest BCUT2D eigenvalue weighted by Crippen LogP contribution is 2.22. The van der Waals surface area contributed by atoms with Crippen molar-refractivity contribution < 1.29 is 18.4 Å². The molecule has 29 heavy (non-hydrogen) atoms. The summed E-state index contributed by atoms with van der Waals surface area (Å²) in [5.74, 6) is 0.496. The summed E-state index contributed by atoms with van der Waals surface area (Å²) >= 11 is 0. The number of likely N-dealkylation sites (tertiary alicyclic amines) is 1. The summed E-state index contributed by atoms with van der Waals surface area (Å²) in [4.78, 5) is 35.0. The van der Waals surface area contributed by atoms with Gasteiger partial charge in [-0.15, -0.1) is 0 Å². The number of carbonyl (C=O) groups excluding carboxylic acids is 2. The van der Waals surface area contributed by atoms with Crippen LogP contribution in [-0.2, 0) is 6.54 Å². The van der Waals surface area contributed by atoms with Crippen molar-refractivity contribution in [3.05, 3.63) is 48.1 Å². The molecule has 1 N–H and O–H groups in total. The number of nitrogens with zero attached hydrogens (tertiary/aromatic N) is 5. The van der Waals surface area contributed by atoms with Crippen LogP contribution in [0.4, 0.5) is 5.69 Å². The zero-order chi connectivity index (χ0) is 20.4. The lowest BCUT2D eigenvalue weighted by Crippen LogP contribution is -2.46. The molecule has 1 saturated heterocycles. The van der Waals surface area contributed by atoms with E-state index in [9.17, 15) is 9.59 Å². The third-order valence-corrected chi connectivity index (χ3v) is 5.08. The molecule has 0 radical (unpaired) electrons. The Bertz CT molecular complexity index is 1020. The van der Waals surface area contributed by atoms with Crippen molar-refractivity contribution in [3.63, 3.8) is 0 Å². The van der Waals surface area contributed by atoms with Gasteiger partial charge in [0, 0.05) is 12.7 Å². The van der Waals surface area contributed by atoms with Gasteiger partial charge in [0.15, 0.2) is 24.2 Å². The van der Waals surface area contributed by atoms with Crippen LogP contribution in [0.1, 0.15) is 51.8 Å². The summed E-state index contributed by atoms with van der Waals surface area (Å²) in [6.07, 6.45) is 8.72. The molecule has 152 valence electrons. The SMILES string of the molecule is Cc1ocnc1C(=O)Nc1cnn(C[C@H]2CCCCN2C(=O)c2ncoc2C)c1. The zero-order valence-corrected chi connectivity index (χ0v) is 16.3. The highest BCUT2D eigenvalue weighted by Gasteiger charge is 2.30. The third-order valence-electron chi connectivity index (χ3n) is 5.08. The topological polar surface area (TPSA) is 119 Å². The first-order valence-corrected chi connectivity index (χ1v) is 9.48. The van der Waals surface area contributed by atoms with E-state index >= 15 is 0 Å². The van der Waals surface area contributed by atoms with Gasteiger partial charge in [-0.2, -0.15) is 5.10 Å². The number of aromatic nitrogens is 4. The van der Waals surface area contributed by atoms with Crippen molar-refractivity contribution in [1.82, 2.24) is 24.6 Å². The number of hydrogen-bond acceptors (Lipinski definition) is 7. The number of hydrogen-bond donors (Lipinski definition) is 1. The Morgan fingerprint density at radius 1 is 1.14 bits per heavy atom. The van der Waals surface area contributed by atoms with Gasteiger partial charge < -0.3 is 19.1 Å². The van der Waals surface area contributed by atoms with Gasteiger partial charge in [0.25, 0.3) is 11.8 Å². The monoisotopic (exact) mass is 398 g/mol. The van der Waals surface area contributed by atoms with Crippen molar-refractivity contribution in [2.24, 2.45) is 0 Å². The maximum atomic E-state index is 12.9. The van der Waals surface area contributed by atoms with Crippen LogP contribution in [0.2, 0.25) is 0 Å². The van der Waals surface area contributed by atoms with Crippen LogP contribution < -0.4 is 5.32 Å². The molecule has 0 spiro atoms. The molecular weight excluding hydrogens is 376 g/mol. The van der Waals surface area contributed by atoms with Crippen LogP contribution in [0.15, 0.2) is 34.0 Å². The van der Waals surface area contributed by atoms with Gasteiger partial charge in [0.2, 0.25) is 0 Å². The molecule has 1 aliphatic rings. The Morgan fingerprint density at radius 3 is 2.55 bits per heavy atom. The number of carbonyl (C=O) groups is 2. The molecule has 0 aromatic carbocycles. The second-order valence-electron chi connectivity index (χ2n) is 7.07. The molecule has 1 aliphatic heterocycles. The normalized spacial score (nSPS) is 16.8. The molecular formula is C19H22N6O4. The first kappa shape index (κ1) is 18.9. The van der Waals surface area contributed by atoms with Crippen LogP contribution in [-0.4, -0.2) is 49.0 Å². The van der Waals surface area contributed by atoms with Gasteiger partial charge in [-0.05, 0) is 33.1 Å². The Labute approximate surface area is 166 Å². The van der Waals surface area contributed by atoms with E-state index in [0.29, 0.717) is 36.0 Å². The highest BCUT2D eigenvalue weighted by atomic mass is 16.3. The second-order valence-corrected chi connectivity index (χ2v) is 7.07. The molecule has 1 fully saturated rings. The minimum Gasteiger partial charge on any atom is -0.448 e. The highest BCUT2D eigenvalue weighted by molar-refractivity contribution is 6.03. The van der Waals surface area contributed by atoms with Crippen molar-refractivity contribution in [2.75, 3.05) is 11.9 Å². The minimum absolute atomic E-state index is 0.00594. The molecule has 10 nitrogen and oxygen atoms in total. The van der Waals surface area contributed by atoms with Crippen molar-refractivity contribution in [3.8, 4) is 0 Å². The van der Waals surface area contributed by atoms with E-state index in [1.165, 1.54) is 12.8 Å². The largest absolute Gasteiger partial charge is 0.448 e. The van der Waals surface area contributed by atoms with E-state index in [0.717, 1.165) is 19.3 Å². The molecule has 4 rings (SSSR count). The number of nitrogens with one attached hydrogen (secondary N) is 1. The van der Waals surface area contributed by atoms with Gasteiger partial charge >= 0.3 is 0 Å². The predicted octanol–water partition coefficient (Wildman–Crippen LogP) is 2.42.